The molecule has 33 heavy (non-hydrogen) atoms. The van der Waals surface area contributed by atoms with Crippen LogP contribution in [0.4, 0.5) is 10.5 Å². The summed E-state index contributed by atoms with van der Waals surface area (Å²) in [4.78, 5) is 37.4. The molecule has 2 N–H and O–H groups in total. The Morgan fingerprint density at radius 3 is 2.30 bits per heavy atom. The first-order valence-electron chi connectivity index (χ1n) is 10.1. The topological polar surface area (TPSA) is 107 Å². The van der Waals surface area contributed by atoms with Crippen molar-refractivity contribution < 1.29 is 29.0 Å². The second kappa shape index (κ2) is 9.15. The van der Waals surface area contributed by atoms with E-state index in [1.165, 1.54) is 7.11 Å². The number of nitrogens with one attached hydrogen (secondary N) is 1. The van der Waals surface area contributed by atoms with Crippen molar-refractivity contribution in [3.8, 4) is 0 Å². The summed E-state index contributed by atoms with van der Waals surface area (Å²) in [5.41, 5.74) is -1.03. The predicted octanol–water partition coefficient (Wildman–Crippen LogP) is 5.03. The lowest BCUT2D eigenvalue weighted by Crippen LogP contribution is -2.45. The SMILES string of the molecule is COC(=O)C(CC(=O)O)(c1ccc(Cl)cc1)n1ccc2c(NC(=O)OC(C)(C)C)cccc21. The quantitative estimate of drug-likeness (QED) is 0.487. The molecule has 174 valence electrons. The molecule has 0 bridgehead atoms. The van der Waals surface area contributed by atoms with Gasteiger partial charge in [0.05, 0.1) is 24.7 Å². The first-order valence-corrected chi connectivity index (χ1v) is 10.5. The third-order valence-corrected chi connectivity index (χ3v) is 5.28. The van der Waals surface area contributed by atoms with Gasteiger partial charge in [-0.15, -0.1) is 0 Å². The van der Waals surface area contributed by atoms with Crippen LogP contribution in [0.5, 0.6) is 0 Å². The molecule has 9 heteroatoms. The van der Waals surface area contributed by atoms with Crippen LogP contribution in [0.3, 0.4) is 0 Å². The van der Waals surface area contributed by atoms with Crippen molar-refractivity contribution in [2.24, 2.45) is 0 Å². The highest BCUT2D eigenvalue weighted by Crippen LogP contribution is 2.38. The van der Waals surface area contributed by atoms with Crippen molar-refractivity contribution in [2.75, 3.05) is 12.4 Å². The van der Waals surface area contributed by atoms with Crippen molar-refractivity contribution in [3.05, 3.63) is 65.3 Å². The molecule has 1 atom stereocenters. The van der Waals surface area contributed by atoms with Crippen molar-refractivity contribution in [2.45, 2.75) is 38.3 Å². The zero-order chi connectivity index (χ0) is 24.4. The van der Waals surface area contributed by atoms with Crippen molar-refractivity contribution >= 4 is 46.2 Å². The van der Waals surface area contributed by atoms with Crippen molar-refractivity contribution in [1.82, 2.24) is 4.57 Å². The third-order valence-electron chi connectivity index (χ3n) is 5.03. The standard InChI is InChI=1S/C24H25ClN2O6/c1-23(2,3)33-22(31)26-18-6-5-7-19-17(18)12-13-27(19)24(14-20(28)29,21(30)32-4)15-8-10-16(25)11-9-15/h5-13H,14H2,1-4H3,(H,26,31)(H,28,29). The first-order chi connectivity index (χ1) is 15.5. The number of hydrogen-bond donors (Lipinski definition) is 2. The number of methoxy groups -OCH3 is 1. The van der Waals surface area contributed by atoms with Crippen LogP contribution in [0.2, 0.25) is 5.02 Å². The van der Waals surface area contributed by atoms with Gasteiger partial charge in [-0.1, -0.05) is 29.8 Å². The number of carbonyl (C=O) groups is 3. The van der Waals surface area contributed by atoms with Gasteiger partial charge in [0.25, 0.3) is 0 Å². The van der Waals surface area contributed by atoms with Crippen LogP contribution in [0, 0.1) is 0 Å². The van der Waals surface area contributed by atoms with Gasteiger partial charge < -0.3 is 19.1 Å². The first kappa shape index (κ1) is 24.1. The average molecular weight is 473 g/mol. The van der Waals surface area contributed by atoms with E-state index in [2.05, 4.69) is 5.32 Å². The molecule has 1 aromatic heterocycles. The van der Waals surface area contributed by atoms with Crippen LogP contribution >= 0.6 is 11.6 Å². The third kappa shape index (κ3) is 4.96. The smallest absolute Gasteiger partial charge is 0.412 e. The molecule has 8 nitrogen and oxygen atoms in total. The number of halogens is 1. The van der Waals surface area contributed by atoms with E-state index < -0.39 is 35.6 Å². The number of anilines is 1. The number of rotatable bonds is 6. The second-order valence-corrected chi connectivity index (χ2v) is 8.92. The Morgan fingerprint density at radius 1 is 1.06 bits per heavy atom. The summed E-state index contributed by atoms with van der Waals surface area (Å²) in [7, 11) is 1.20. The molecular weight excluding hydrogens is 448 g/mol. The van der Waals surface area contributed by atoms with Gasteiger partial charge >= 0.3 is 18.0 Å². The number of benzene rings is 2. The lowest BCUT2D eigenvalue weighted by Gasteiger charge is -2.33. The maximum absolute atomic E-state index is 13.2. The van der Waals surface area contributed by atoms with Gasteiger partial charge in [0, 0.05) is 16.6 Å². The number of carboxylic acid groups (broad SMARTS) is 1. The van der Waals surface area contributed by atoms with Gasteiger partial charge in [-0.25, -0.2) is 9.59 Å². The van der Waals surface area contributed by atoms with Crippen LogP contribution in [0.25, 0.3) is 10.9 Å². The van der Waals surface area contributed by atoms with Crippen LogP contribution in [0.15, 0.2) is 54.7 Å². The monoisotopic (exact) mass is 472 g/mol. The van der Waals surface area contributed by atoms with E-state index in [-0.39, 0.29) is 0 Å². The van der Waals surface area contributed by atoms with E-state index in [0.29, 0.717) is 27.2 Å². The molecule has 2 aromatic carbocycles. The fourth-order valence-electron chi connectivity index (χ4n) is 3.75. The highest BCUT2D eigenvalue weighted by Gasteiger charge is 2.46. The fraction of sp³-hybridized carbons (Fsp3) is 0.292. The van der Waals surface area contributed by atoms with Crippen LogP contribution in [-0.4, -0.2) is 40.4 Å². The molecule has 1 unspecified atom stereocenters. The zero-order valence-electron chi connectivity index (χ0n) is 18.7. The largest absolute Gasteiger partial charge is 0.481 e. The second-order valence-electron chi connectivity index (χ2n) is 8.48. The Bertz CT molecular complexity index is 1200. The Labute approximate surface area is 196 Å². The van der Waals surface area contributed by atoms with Crippen LogP contribution in [0.1, 0.15) is 32.8 Å². The summed E-state index contributed by atoms with van der Waals surface area (Å²) in [5.74, 6) is -1.95. The molecule has 0 aliphatic carbocycles. The van der Waals surface area contributed by atoms with Crippen LogP contribution < -0.4 is 5.32 Å². The van der Waals surface area contributed by atoms with E-state index >= 15 is 0 Å². The number of fused-ring (bicyclic) bond motifs is 1. The summed E-state index contributed by atoms with van der Waals surface area (Å²) in [6.07, 6.45) is 0.388. The Hall–Kier alpha value is -3.52. The molecule has 3 aromatic rings. The Morgan fingerprint density at radius 2 is 1.73 bits per heavy atom. The van der Waals surface area contributed by atoms with Gasteiger partial charge in [0.1, 0.15) is 5.60 Å². The number of ether oxygens (including phenoxy) is 2. The van der Waals surface area contributed by atoms with E-state index in [4.69, 9.17) is 21.1 Å². The minimum absolute atomic E-state index is 0.393. The molecular formula is C24H25ClN2O6. The summed E-state index contributed by atoms with van der Waals surface area (Å²) in [6.45, 7) is 5.27. The summed E-state index contributed by atoms with van der Waals surface area (Å²) in [5, 5.41) is 13.5. The number of hydrogen-bond acceptors (Lipinski definition) is 5. The summed E-state index contributed by atoms with van der Waals surface area (Å²) in [6, 6.07) is 13.2. The Balaban J connectivity index is 2.21. The number of amides is 1. The molecule has 0 saturated carbocycles. The van der Waals surface area contributed by atoms with Crippen molar-refractivity contribution in [3.63, 3.8) is 0 Å². The lowest BCUT2D eigenvalue weighted by molar-refractivity contribution is -0.154. The maximum atomic E-state index is 13.2. The molecule has 0 radical (unpaired) electrons. The van der Waals surface area contributed by atoms with E-state index in [9.17, 15) is 19.5 Å². The summed E-state index contributed by atoms with van der Waals surface area (Å²) >= 11 is 6.02. The van der Waals surface area contributed by atoms with E-state index in [0.717, 1.165) is 0 Å². The normalized spacial score (nSPS) is 13.2. The minimum Gasteiger partial charge on any atom is -0.481 e. The molecule has 0 fully saturated rings. The molecule has 0 aliphatic rings. The predicted molar refractivity (Wildman–Crippen MR) is 125 cm³/mol. The van der Waals surface area contributed by atoms with Crippen molar-refractivity contribution in [1.29, 1.82) is 0 Å². The van der Waals surface area contributed by atoms with Crippen LogP contribution in [-0.2, 0) is 24.6 Å². The number of nitrogens with zero attached hydrogens (tertiary/aromatic N) is 1. The molecule has 0 aliphatic heterocycles. The molecule has 1 heterocycles. The number of esters is 1. The maximum Gasteiger partial charge on any atom is 0.412 e. The minimum atomic E-state index is -1.71. The summed E-state index contributed by atoms with van der Waals surface area (Å²) < 4.78 is 12.0. The number of aliphatic carboxylic acids is 1. The van der Waals surface area contributed by atoms with E-state index in [1.807, 2.05) is 0 Å². The number of carbonyl (C=O) groups excluding carboxylic acids is 2. The highest BCUT2D eigenvalue weighted by molar-refractivity contribution is 6.30. The van der Waals surface area contributed by atoms with E-state index in [1.54, 1.807) is 80.1 Å². The van der Waals surface area contributed by atoms with Gasteiger partial charge in [0.15, 0.2) is 5.54 Å². The van der Waals surface area contributed by atoms with Gasteiger partial charge in [-0.2, -0.15) is 0 Å². The van der Waals surface area contributed by atoms with Gasteiger partial charge in [0.2, 0.25) is 0 Å². The zero-order valence-corrected chi connectivity index (χ0v) is 19.5. The Kier molecular flexibility index (Phi) is 6.69. The van der Waals surface area contributed by atoms with Gasteiger partial charge in [-0.05, 0) is 56.7 Å². The molecule has 3 rings (SSSR count). The molecule has 0 spiro atoms. The highest BCUT2D eigenvalue weighted by atomic mass is 35.5. The number of aromatic nitrogens is 1. The molecule has 0 saturated heterocycles. The number of carboxylic acids is 1. The van der Waals surface area contributed by atoms with Gasteiger partial charge in [-0.3, -0.25) is 10.1 Å². The molecule has 1 amide bonds. The fourth-order valence-corrected chi connectivity index (χ4v) is 3.88. The lowest BCUT2D eigenvalue weighted by atomic mass is 9.85. The average Bonchev–Trinajstić information content (AvgIpc) is 3.16.